The maximum absolute atomic E-state index is 13.1. The molecule has 1 heterocycles. The molecular weight excluding hydrogens is 354 g/mol. The number of esters is 1. The van der Waals surface area contributed by atoms with Gasteiger partial charge in [0.25, 0.3) is 5.91 Å². The molecule has 0 radical (unpaired) electrons. The largest absolute Gasteiger partial charge is 0.468 e. The second kappa shape index (κ2) is 8.52. The van der Waals surface area contributed by atoms with Crippen molar-refractivity contribution in [2.45, 2.75) is 20.4 Å². The van der Waals surface area contributed by atoms with Gasteiger partial charge < -0.3 is 9.64 Å². The number of nitrogens with zero attached hydrogens (tertiary/aromatic N) is 3. The van der Waals surface area contributed by atoms with Gasteiger partial charge in [-0.15, -0.1) is 0 Å². The van der Waals surface area contributed by atoms with Gasteiger partial charge in [0.1, 0.15) is 6.54 Å². The van der Waals surface area contributed by atoms with E-state index in [0.717, 1.165) is 22.5 Å². The lowest BCUT2D eigenvalue weighted by Gasteiger charge is -2.22. The van der Waals surface area contributed by atoms with Crippen LogP contribution in [0.15, 0.2) is 60.8 Å². The molecule has 0 spiro atoms. The molecule has 0 saturated heterocycles. The second-order valence-electron chi connectivity index (χ2n) is 6.60. The third-order valence-electron chi connectivity index (χ3n) is 4.65. The van der Waals surface area contributed by atoms with E-state index in [2.05, 4.69) is 5.10 Å². The summed E-state index contributed by atoms with van der Waals surface area (Å²) in [6.45, 7) is 4.17. The van der Waals surface area contributed by atoms with Gasteiger partial charge in [0.15, 0.2) is 0 Å². The summed E-state index contributed by atoms with van der Waals surface area (Å²) in [6.07, 6.45) is 1.73. The van der Waals surface area contributed by atoms with Crippen LogP contribution in [0.25, 0.3) is 5.69 Å². The standard InChI is InChI=1S/C22H23N3O3/c1-16-6-4-5-7-19(16)14-24(15-21(26)28-3)22(27)18-8-10-20(11-9-18)25-17(2)12-13-23-25/h4-13H,14-15H2,1-3H3. The van der Waals surface area contributed by atoms with Gasteiger partial charge in [-0.25, -0.2) is 4.68 Å². The minimum Gasteiger partial charge on any atom is -0.468 e. The molecule has 0 saturated carbocycles. The van der Waals surface area contributed by atoms with Crippen LogP contribution in [0.3, 0.4) is 0 Å². The van der Waals surface area contributed by atoms with Crippen molar-refractivity contribution < 1.29 is 14.3 Å². The van der Waals surface area contributed by atoms with Crippen LogP contribution < -0.4 is 0 Å². The van der Waals surface area contributed by atoms with Crippen molar-refractivity contribution in [1.29, 1.82) is 0 Å². The molecule has 0 aliphatic carbocycles. The van der Waals surface area contributed by atoms with Crippen molar-refractivity contribution in [2.24, 2.45) is 0 Å². The van der Waals surface area contributed by atoms with Crippen LogP contribution in [0.5, 0.6) is 0 Å². The molecule has 144 valence electrons. The van der Waals surface area contributed by atoms with E-state index >= 15 is 0 Å². The average molecular weight is 377 g/mol. The van der Waals surface area contributed by atoms with E-state index in [1.54, 1.807) is 23.0 Å². The SMILES string of the molecule is COC(=O)CN(Cc1ccccc1C)C(=O)c1ccc(-n2nccc2C)cc1. The molecule has 6 nitrogen and oxygen atoms in total. The first-order valence-corrected chi connectivity index (χ1v) is 9.01. The Labute approximate surface area is 164 Å². The van der Waals surface area contributed by atoms with Gasteiger partial charge in [-0.2, -0.15) is 5.10 Å². The fourth-order valence-electron chi connectivity index (χ4n) is 2.98. The summed E-state index contributed by atoms with van der Waals surface area (Å²) in [5, 5.41) is 4.27. The summed E-state index contributed by atoms with van der Waals surface area (Å²) in [5.41, 5.74) is 4.44. The minimum atomic E-state index is -0.453. The molecule has 0 aliphatic heterocycles. The van der Waals surface area contributed by atoms with Crippen molar-refractivity contribution in [3.8, 4) is 5.69 Å². The Balaban J connectivity index is 1.85. The normalized spacial score (nSPS) is 10.5. The number of carbonyl (C=O) groups excluding carboxylic acids is 2. The molecule has 2 aromatic carbocycles. The highest BCUT2D eigenvalue weighted by Crippen LogP contribution is 2.16. The highest BCUT2D eigenvalue weighted by atomic mass is 16.5. The highest BCUT2D eigenvalue weighted by molar-refractivity contribution is 5.96. The van der Waals surface area contributed by atoms with E-state index in [9.17, 15) is 9.59 Å². The number of hydrogen-bond acceptors (Lipinski definition) is 4. The molecule has 28 heavy (non-hydrogen) atoms. The van der Waals surface area contributed by atoms with Crippen molar-refractivity contribution >= 4 is 11.9 Å². The molecule has 1 aromatic heterocycles. The number of hydrogen-bond donors (Lipinski definition) is 0. The highest BCUT2D eigenvalue weighted by Gasteiger charge is 2.20. The Morgan fingerprint density at radius 1 is 1.04 bits per heavy atom. The number of aryl methyl sites for hydroxylation is 2. The Hall–Kier alpha value is -3.41. The maximum Gasteiger partial charge on any atom is 0.325 e. The number of methoxy groups -OCH3 is 1. The number of benzene rings is 2. The maximum atomic E-state index is 13.1. The monoisotopic (exact) mass is 377 g/mol. The summed E-state index contributed by atoms with van der Waals surface area (Å²) in [6, 6.07) is 16.9. The Morgan fingerprint density at radius 2 is 1.75 bits per heavy atom. The van der Waals surface area contributed by atoms with Crippen LogP contribution in [0, 0.1) is 13.8 Å². The summed E-state index contributed by atoms with van der Waals surface area (Å²) in [7, 11) is 1.32. The van der Waals surface area contributed by atoms with E-state index < -0.39 is 5.97 Å². The Morgan fingerprint density at radius 3 is 2.36 bits per heavy atom. The van der Waals surface area contributed by atoms with Crippen LogP contribution >= 0.6 is 0 Å². The molecule has 6 heteroatoms. The topological polar surface area (TPSA) is 64.4 Å². The molecule has 0 aliphatic rings. The Kier molecular flexibility index (Phi) is 5.89. The fourth-order valence-corrected chi connectivity index (χ4v) is 2.98. The predicted octanol–water partition coefficient (Wildman–Crippen LogP) is 3.30. The average Bonchev–Trinajstić information content (AvgIpc) is 3.14. The van der Waals surface area contributed by atoms with Gasteiger partial charge in [-0.3, -0.25) is 9.59 Å². The Bertz CT molecular complexity index is 977. The van der Waals surface area contributed by atoms with Gasteiger partial charge >= 0.3 is 5.97 Å². The number of rotatable bonds is 6. The zero-order valence-electron chi connectivity index (χ0n) is 16.3. The van der Waals surface area contributed by atoms with E-state index in [1.165, 1.54) is 12.0 Å². The summed E-state index contributed by atoms with van der Waals surface area (Å²) in [4.78, 5) is 26.4. The first-order valence-electron chi connectivity index (χ1n) is 9.01. The lowest BCUT2D eigenvalue weighted by Crippen LogP contribution is -2.36. The number of amides is 1. The van der Waals surface area contributed by atoms with Crippen molar-refractivity contribution in [2.75, 3.05) is 13.7 Å². The molecule has 3 rings (SSSR count). The smallest absolute Gasteiger partial charge is 0.325 e. The van der Waals surface area contributed by atoms with Crippen LogP contribution in [-0.2, 0) is 16.1 Å². The van der Waals surface area contributed by atoms with E-state index in [4.69, 9.17) is 4.74 Å². The minimum absolute atomic E-state index is 0.107. The molecule has 0 unspecified atom stereocenters. The lowest BCUT2D eigenvalue weighted by molar-refractivity contribution is -0.141. The molecule has 0 atom stereocenters. The lowest BCUT2D eigenvalue weighted by atomic mass is 10.1. The quantitative estimate of drug-likeness (QED) is 0.618. The number of aromatic nitrogens is 2. The van der Waals surface area contributed by atoms with Crippen LogP contribution in [0.1, 0.15) is 27.2 Å². The zero-order chi connectivity index (χ0) is 20.1. The van der Waals surface area contributed by atoms with E-state index in [-0.39, 0.29) is 12.5 Å². The summed E-state index contributed by atoms with van der Waals surface area (Å²) in [5.74, 6) is -0.678. The van der Waals surface area contributed by atoms with Crippen molar-refractivity contribution in [3.05, 3.63) is 83.2 Å². The van der Waals surface area contributed by atoms with Gasteiger partial charge in [0.05, 0.1) is 12.8 Å². The second-order valence-corrected chi connectivity index (χ2v) is 6.60. The third-order valence-corrected chi connectivity index (χ3v) is 4.65. The first kappa shape index (κ1) is 19.4. The van der Waals surface area contributed by atoms with Crippen LogP contribution in [0.4, 0.5) is 0 Å². The van der Waals surface area contributed by atoms with Gasteiger partial charge in [-0.1, -0.05) is 24.3 Å². The van der Waals surface area contributed by atoms with Gasteiger partial charge in [-0.05, 0) is 55.3 Å². The number of carbonyl (C=O) groups is 2. The van der Waals surface area contributed by atoms with Crippen LogP contribution in [0.2, 0.25) is 0 Å². The summed E-state index contributed by atoms with van der Waals surface area (Å²) < 4.78 is 6.57. The van der Waals surface area contributed by atoms with Gasteiger partial charge in [0.2, 0.25) is 0 Å². The van der Waals surface area contributed by atoms with Crippen molar-refractivity contribution in [1.82, 2.24) is 14.7 Å². The molecule has 0 N–H and O–H groups in total. The molecule has 0 fully saturated rings. The predicted molar refractivity (Wildman–Crippen MR) is 106 cm³/mol. The molecule has 1 amide bonds. The summed E-state index contributed by atoms with van der Waals surface area (Å²) >= 11 is 0. The molecular formula is C22H23N3O3. The third kappa shape index (κ3) is 4.28. The fraction of sp³-hybridized carbons (Fsp3) is 0.227. The molecule has 3 aromatic rings. The molecule has 0 bridgehead atoms. The van der Waals surface area contributed by atoms with Crippen molar-refractivity contribution in [3.63, 3.8) is 0 Å². The first-order chi connectivity index (χ1) is 13.5. The van der Waals surface area contributed by atoms with Gasteiger partial charge in [0, 0.05) is 24.0 Å². The van der Waals surface area contributed by atoms with E-state index in [1.807, 2.05) is 56.3 Å². The number of ether oxygens (including phenoxy) is 1. The zero-order valence-corrected chi connectivity index (χ0v) is 16.3. The van der Waals surface area contributed by atoms with E-state index in [0.29, 0.717) is 12.1 Å². The van der Waals surface area contributed by atoms with Crippen LogP contribution in [-0.4, -0.2) is 40.2 Å².